The Labute approximate surface area is 352 Å². The molecule has 4 N–H and O–H groups in total. The standard InChI is InChI=1S/C31H34NO4.C14H22ClN3O2.BrH/c1-32(20-30(34)25-14-12-23(13-15-25)22-8-4-2-5-9-22)26-16-17-27(32)19-28(18-26)36-31(35)29(21-33)24-10-6-3-7-11-24;1-4-18(5-2)7-6-17-14(19)10-8-11(15)12(16)9-13(10)20-3;/h2-15,26-29,33H,16-21H2,1H3;8-9H,4-7,16H2,1-3H3,(H,17,19);1H/q+1;;/p-1. The lowest BCUT2D eigenvalue weighted by Gasteiger charge is -2.46. The summed E-state index contributed by atoms with van der Waals surface area (Å²) in [6.07, 6.45) is 3.42. The van der Waals surface area contributed by atoms with Crippen molar-refractivity contribution in [2.45, 2.75) is 63.6 Å². The van der Waals surface area contributed by atoms with Gasteiger partial charge < -0.3 is 52.0 Å². The van der Waals surface area contributed by atoms with Crippen molar-refractivity contribution in [3.05, 3.63) is 119 Å². The molecule has 2 saturated heterocycles. The number of fused-ring (bicyclic) bond motifs is 2. The van der Waals surface area contributed by atoms with Crippen molar-refractivity contribution in [3.63, 3.8) is 0 Å². The van der Waals surface area contributed by atoms with Gasteiger partial charge in [0.25, 0.3) is 5.91 Å². The Balaban J connectivity index is 0.000000293. The highest BCUT2D eigenvalue weighted by atomic mass is 79.9. The van der Waals surface area contributed by atoms with Gasteiger partial charge in [0.15, 0.2) is 0 Å². The summed E-state index contributed by atoms with van der Waals surface area (Å²) in [6, 6.07) is 31.1. The van der Waals surface area contributed by atoms with E-state index >= 15 is 0 Å². The Morgan fingerprint density at radius 2 is 1.49 bits per heavy atom. The Bertz CT molecular complexity index is 1900. The van der Waals surface area contributed by atoms with E-state index in [1.165, 1.54) is 13.2 Å². The number of amides is 1. The van der Waals surface area contributed by atoms with Crippen molar-refractivity contribution in [1.82, 2.24) is 10.2 Å². The average Bonchev–Trinajstić information content (AvgIpc) is 3.35. The molecule has 2 fully saturated rings. The maximum atomic E-state index is 13.3. The van der Waals surface area contributed by atoms with E-state index in [9.17, 15) is 19.5 Å². The molecule has 57 heavy (non-hydrogen) atoms. The number of nitrogens with zero attached hydrogens (tertiary/aromatic N) is 2. The number of hydrogen-bond acceptors (Lipinski definition) is 8. The van der Waals surface area contributed by atoms with Gasteiger partial charge in [0.05, 0.1) is 49.1 Å². The maximum Gasteiger partial charge on any atom is 0.316 e. The van der Waals surface area contributed by atoms with E-state index in [4.69, 9.17) is 26.8 Å². The molecule has 0 aromatic heterocycles. The van der Waals surface area contributed by atoms with Crippen LogP contribution in [0.1, 0.15) is 71.7 Å². The zero-order valence-corrected chi connectivity index (χ0v) is 35.7. The highest BCUT2D eigenvalue weighted by molar-refractivity contribution is 6.33. The molecule has 0 saturated carbocycles. The second-order valence-corrected chi connectivity index (χ2v) is 15.2. The number of anilines is 1. The monoisotopic (exact) mass is 862 g/mol. The van der Waals surface area contributed by atoms with Crippen molar-refractivity contribution in [2.24, 2.45) is 0 Å². The van der Waals surface area contributed by atoms with Crippen molar-refractivity contribution in [2.75, 3.05) is 59.2 Å². The van der Waals surface area contributed by atoms with Gasteiger partial charge in [0, 0.05) is 50.4 Å². The van der Waals surface area contributed by atoms with E-state index in [1.54, 1.807) is 6.07 Å². The number of ketones is 1. The van der Waals surface area contributed by atoms with Crippen LogP contribution in [0.15, 0.2) is 97.1 Å². The lowest BCUT2D eigenvalue weighted by Crippen LogP contribution is -3.00. The van der Waals surface area contributed by atoms with Crippen molar-refractivity contribution in [3.8, 4) is 16.9 Å². The summed E-state index contributed by atoms with van der Waals surface area (Å²) in [4.78, 5) is 40.6. The second-order valence-electron chi connectivity index (χ2n) is 14.8. The number of esters is 1. The summed E-state index contributed by atoms with van der Waals surface area (Å²) in [7, 11) is 3.69. The number of nitrogen functional groups attached to an aromatic ring is 1. The number of nitrogens with two attached hydrogens (primary N) is 1. The number of halogens is 2. The Kier molecular flexibility index (Phi) is 17.1. The Hall–Kier alpha value is -4.26. The van der Waals surface area contributed by atoms with Crippen molar-refractivity contribution >= 4 is 34.9 Å². The van der Waals surface area contributed by atoms with Gasteiger partial charge in [-0.15, -0.1) is 0 Å². The van der Waals surface area contributed by atoms with E-state index in [1.807, 2.05) is 72.8 Å². The molecule has 306 valence electrons. The van der Waals surface area contributed by atoms with Crippen LogP contribution in [0.3, 0.4) is 0 Å². The molecule has 3 atom stereocenters. The van der Waals surface area contributed by atoms with Gasteiger partial charge in [-0.05, 0) is 35.8 Å². The molecule has 2 aliphatic rings. The van der Waals surface area contributed by atoms with Crippen LogP contribution in [0.2, 0.25) is 5.02 Å². The molecule has 4 aromatic carbocycles. The molecule has 0 aliphatic carbocycles. The van der Waals surface area contributed by atoms with E-state index in [0.717, 1.165) is 72.1 Å². The van der Waals surface area contributed by atoms with Crippen LogP contribution in [0.4, 0.5) is 5.69 Å². The lowest BCUT2D eigenvalue weighted by atomic mass is 9.94. The zero-order chi connectivity index (χ0) is 40.2. The number of piperidine rings is 1. The molecule has 0 spiro atoms. The highest BCUT2D eigenvalue weighted by Crippen LogP contribution is 2.42. The first-order chi connectivity index (χ1) is 27.0. The number of hydrogen-bond donors (Lipinski definition) is 3. The minimum Gasteiger partial charge on any atom is -1.00 e. The Morgan fingerprint density at radius 3 is 2.05 bits per heavy atom. The number of carbonyl (C=O) groups is 3. The number of Topliss-reactive ketones (excluding diaryl/α,β-unsaturated/α-hetero) is 1. The second kappa shape index (κ2) is 21.5. The van der Waals surface area contributed by atoms with E-state index in [2.05, 4.69) is 43.2 Å². The number of aliphatic hydroxyl groups excluding tert-OH is 1. The molecular weight excluding hydrogens is 808 g/mol. The Morgan fingerprint density at radius 1 is 0.912 bits per heavy atom. The quantitative estimate of drug-likeness (QED) is 0.0709. The van der Waals surface area contributed by atoms with E-state index in [0.29, 0.717) is 47.2 Å². The molecule has 10 nitrogen and oxygen atoms in total. The molecular formula is C45H56BrClN4O6. The number of carbonyl (C=O) groups excluding carboxylic acids is 3. The van der Waals surface area contributed by atoms with E-state index < -0.39 is 5.92 Å². The van der Waals surface area contributed by atoms with Crippen LogP contribution in [-0.4, -0.2) is 104 Å². The topological polar surface area (TPSA) is 131 Å². The summed E-state index contributed by atoms with van der Waals surface area (Å²) in [5, 5.41) is 13.0. The normalized spacial score (nSPS) is 20.0. The summed E-state index contributed by atoms with van der Waals surface area (Å²) in [6.45, 7) is 7.68. The number of ether oxygens (including phenoxy) is 2. The SMILES string of the molecule is CCN(CC)CCNC(=O)c1cc(Cl)c(N)cc1OC.C[N+]1(CC(=O)c2ccc(-c3ccccc3)cc2)C2CCC1CC(OC(=O)C(CO)c1ccccc1)C2.[Br-]. The summed E-state index contributed by atoms with van der Waals surface area (Å²) in [5.74, 6) is -0.650. The van der Waals surface area contributed by atoms with Crippen LogP contribution in [0, 0.1) is 0 Å². The third kappa shape index (κ3) is 11.4. The number of rotatable bonds is 15. The van der Waals surface area contributed by atoms with Crippen molar-refractivity contribution in [1.29, 1.82) is 0 Å². The number of quaternary nitrogens is 1. The highest BCUT2D eigenvalue weighted by Gasteiger charge is 2.53. The predicted molar refractivity (Wildman–Crippen MR) is 222 cm³/mol. The summed E-state index contributed by atoms with van der Waals surface area (Å²) >= 11 is 5.95. The maximum absolute atomic E-state index is 13.3. The molecule has 6 rings (SSSR count). The number of nitrogens with one attached hydrogen (secondary N) is 1. The number of likely N-dealkylation sites (N-methyl/N-ethyl adjacent to an activating group) is 2. The molecule has 1 amide bonds. The first kappa shape index (κ1) is 45.4. The first-order valence-corrected chi connectivity index (χ1v) is 19.9. The molecule has 2 bridgehead atoms. The van der Waals surface area contributed by atoms with Crippen LogP contribution in [0.5, 0.6) is 5.75 Å². The first-order valence-electron chi connectivity index (χ1n) is 19.5. The minimum absolute atomic E-state index is 0. The van der Waals surface area contributed by atoms with E-state index in [-0.39, 0.29) is 47.4 Å². The zero-order valence-electron chi connectivity index (χ0n) is 33.3. The molecule has 2 heterocycles. The number of methoxy groups -OCH3 is 1. The fraction of sp³-hybridized carbons (Fsp3) is 0.400. The third-order valence-corrected chi connectivity index (χ3v) is 11.8. The molecule has 3 unspecified atom stereocenters. The van der Waals surface area contributed by atoms with Gasteiger partial charge in [0.2, 0.25) is 5.78 Å². The fourth-order valence-electron chi connectivity index (χ4n) is 8.05. The number of benzene rings is 4. The average molecular weight is 864 g/mol. The summed E-state index contributed by atoms with van der Waals surface area (Å²) < 4.78 is 11.8. The van der Waals surface area contributed by atoms with Crippen LogP contribution >= 0.6 is 11.6 Å². The molecule has 2 aliphatic heterocycles. The molecule has 0 radical (unpaired) electrons. The van der Waals surface area contributed by atoms with Gasteiger partial charge in [-0.2, -0.15) is 0 Å². The van der Waals surface area contributed by atoms with Crippen LogP contribution < -0.4 is 32.8 Å². The van der Waals surface area contributed by atoms with Crippen molar-refractivity contribution < 1.29 is 50.4 Å². The molecule has 4 aromatic rings. The van der Waals surface area contributed by atoms with Gasteiger partial charge in [-0.1, -0.05) is 110 Å². The molecule has 12 heteroatoms. The fourth-order valence-corrected chi connectivity index (χ4v) is 8.22. The van der Waals surface area contributed by atoms with Gasteiger partial charge in [-0.3, -0.25) is 14.4 Å². The van der Waals surface area contributed by atoms with Gasteiger partial charge >= 0.3 is 5.97 Å². The van der Waals surface area contributed by atoms with Crippen LogP contribution in [0.25, 0.3) is 11.1 Å². The van der Waals surface area contributed by atoms with Gasteiger partial charge in [0.1, 0.15) is 24.3 Å². The minimum atomic E-state index is -0.660. The number of aliphatic hydroxyl groups is 1. The summed E-state index contributed by atoms with van der Waals surface area (Å²) in [5.41, 5.74) is 10.2. The smallest absolute Gasteiger partial charge is 0.316 e. The largest absolute Gasteiger partial charge is 1.00 e. The van der Waals surface area contributed by atoms with Crippen LogP contribution in [-0.2, 0) is 9.53 Å². The van der Waals surface area contributed by atoms with Gasteiger partial charge in [-0.25, -0.2) is 0 Å². The predicted octanol–water partition coefficient (Wildman–Crippen LogP) is 4.00. The third-order valence-electron chi connectivity index (χ3n) is 11.5. The lowest BCUT2D eigenvalue weighted by molar-refractivity contribution is -0.941.